The normalized spacial score (nSPS) is 19.2. The van der Waals surface area contributed by atoms with E-state index in [-0.39, 0.29) is 12.4 Å². The van der Waals surface area contributed by atoms with E-state index in [2.05, 4.69) is 33.8 Å². The minimum Gasteiger partial charge on any atom is -0.359 e. The number of halogens is 2. The molecule has 3 nitrogen and oxygen atoms in total. The molecule has 4 rings (SSSR count). The maximum absolute atomic E-state index is 6.32. The number of benzene rings is 2. The number of ether oxygens (including phenoxy) is 1. The van der Waals surface area contributed by atoms with Crippen LogP contribution in [0.1, 0.15) is 16.7 Å². The first-order valence-electron chi connectivity index (χ1n) is 7.22. The Morgan fingerprint density at radius 2 is 1.91 bits per heavy atom. The minimum absolute atomic E-state index is 0. The van der Waals surface area contributed by atoms with Gasteiger partial charge in [0.2, 0.25) is 0 Å². The second-order valence-electron chi connectivity index (χ2n) is 5.51. The van der Waals surface area contributed by atoms with Crippen LogP contribution in [0.5, 0.6) is 0 Å². The van der Waals surface area contributed by atoms with Crippen molar-refractivity contribution in [2.45, 2.75) is 18.8 Å². The van der Waals surface area contributed by atoms with E-state index >= 15 is 0 Å². The number of aromatic nitrogens is 2. The van der Waals surface area contributed by atoms with Crippen molar-refractivity contribution in [3.05, 3.63) is 89.0 Å². The van der Waals surface area contributed by atoms with Gasteiger partial charge in [0.15, 0.2) is 0 Å². The summed E-state index contributed by atoms with van der Waals surface area (Å²) in [7, 11) is 0. The average Bonchev–Trinajstić information content (AvgIpc) is 3.18. The summed E-state index contributed by atoms with van der Waals surface area (Å²) in [5, 5.41) is 0.729. The molecule has 0 amide bonds. The zero-order valence-electron chi connectivity index (χ0n) is 12.4. The van der Waals surface area contributed by atoms with Gasteiger partial charge in [-0.25, -0.2) is 4.98 Å². The lowest BCUT2D eigenvalue weighted by molar-refractivity contribution is -0.0180. The van der Waals surface area contributed by atoms with Crippen LogP contribution in [0.3, 0.4) is 0 Å². The summed E-state index contributed by atoms with van der Waals surface area (Å²) in [6.07, 6.45) is 5.57. The van der Waals surface area contributed by atoms with E-state index < -0.39 is 5.60 Å². The summed E-state index contributed by atoms with van der Waals surface area (Å²) in [5.41, 5.74) is 3.06. The summed E-state index contributed by atoms with van der Waals surface area (Å²) < 4.78 is 8.37. The highest BCUT2D eigenvalue weighted by Crippen LogP contribution is 2.43. The van der Waals surface area contributed by atoms with Gasteiger partial charge in [0, 0.05) is 17.4 Å². The largest absolute Gasteiger partial charge is 0.359 e. The Balaban J connectivity index is 0.00000156. The summed E-state index contributed by atoms with van der Waals surface area (Å²) in [6, 6.07) is 16.3. The van der Waals surface area contributed by atoms with Gasteiger partial charge in [-0.15, -0.1) is 12.4 Å². The first-order valence-corrected chi connectivity index (χ1v) is 7.60. The zero-order valence-corrected chi connectivity index (χ0v) is 13.9. The standard InChI is InChI=1S/C18H15ClN2O.ClH/c19-16-7-5-15(6-8-16)18(12-21-10-9-20-13-21)17-4-2-1-3-14(17)11-22-18;/h1-10,13H,11-12H2;1H. The highest BCUT2D eigenvalue weighted by Gasteiger charge is 2.41. The fourth-order valence-electron chi connectivity index (χ4n) is 3.14. The molecule has 0 saturated heterocycles. The Kier molecular flexibility index (Phi) is 4.44. The lowest BCUT2D eigenvalue weighted by Gasteiger charge is -2.31. The Morgan fingerprint density at radius 1 is 1.13 bits per heavy atom. The quantitative estimate of drug-likeness (QED) is 0.701. The van der Waals surface area contributed by atoms with Gasteiger partial charge in [-0.3, -0.25) is 0 Å². The van der Waals surface area contributed by atoms with E-state index in [0.29, 0.717) is 13.2 Å². The van der Waals surface area contributed by atoms with Crippen LogP contribution in [0.2, 0.25) is 5.02 Å². The van der Waals surface area contributed by atoms with E-state index in [9.17, 15) is 0 Å². The topological polar surface area (TPSA) is 27.1 Å². The Bertz CT molecular complexity index is 787. The molecular formula is C18H16Cl2N2O. The van der Waals surface area contributed by atoms with Crippen LogP contribution in [-0.4, -0.2) is 9.55 Å². The number of imidazole rings is 1. The van der Waals surface area contributed by atoms with Crippen LogP contribution in [-0.2, 0) is 23.5 Å². The monoisotopic (exact) mass is 346 g/mol. The van der Waals surface area contributed by atoms with Crippen LogP contribution >= 0.6 is 24.0 Å². The summed E-state index contributed by atoms with van der Waals surface area (Å²) in [4.78, 5) is 4.15. The van der Waals surface area contributed by atoms with Gasteiger partial charge in [-0.1, -0.05) is 48.0 Å². The molecule has 0 aliphatic carbocycles. The van der Waals surface area contributed by atoms with Gasteiger partial charge in [-0.2, -0.15) is 0 Å². The molecule has 3 aromatic rings. The Hall–Kier alpha value is -1.81. The molecule has 2 heterocycles. The highest BCUT2D eigenvalue weighted by atomic mass is 35.5. The SMILES string of the molecule is Cl.Clc1ccc(C2(Cn3ccnc3)OCc3ccccc32)cc1. The average molecular weight is 347 g/mol. The van der Waals surface area contributed by atoms with Crippen LogP contribution in [0, 0.1) is 0 Å². The molecule has 1 unspecified atom stereocenters. The second-order valence-corrected chi connectivity index (χ2v) is 5.95. The third kappa shape index (κ3) is 2.76. The molecule has 0 bridgehead atoms. The van der Waals surface area contributed by atoms with Gasteiger partial charge in [0.05, 0.1) is 19.5 Å². The number of hydrogen-bond acceptors (Lipinski definition) is 2. The van der Waals surface area contributed by atoms with Crippen molar-refractivity contribution in [3.8, 4) is 0 Å². The number of rotatable bonds is 3. The van der Waals surface area contributed by atoms with Gasteiger partial charge in [0.25, 0.3) is 0 Å². The molecule has 1 aromatic heterocycles. The van der Waals surface area contributed by atoms with E-state index in [0.717, 1.165) is 10.6 Å². The van der Waals surface area contributed by atoms with Crippen LogP contribution in [0.4, 0.5) is 0 Å². The Morgan fingerprint density at radius 3 is 2.65 bits per heavy atom. The van der Waals surface area contributed by atoms with Crippen molar-refractivity contribution in [1.29, 1.82) is 0 Å². The van der Waals surface area contributed by atoms with Gasteiger partial charge >= 0.3 is 0 Å². The molecule has 2 aromatic carbocycles. The molecule has 0 N–H and O–H groups in total. The predicted molar refractivity (Wildman–Crippen MR) is 92.9 cm³/mol. The molecule has 0 saturated carbocycles. The highest BCUT2D eigenvalue weighted by molar-refractivity contribution is 6.30. The third-order valence-electron chi connectivity index (χ3n) is 4.20. The Labute approximate surface area is 146 Å². The van der Waals surface area contributed by atoms with Crippen LogP contribution in [0.15, 0.2) is 67.3 Å². The maximum atomic E-state index is 6.32. The van der Waals surface area contributed by atoms with Crippen molar-refractivity contribution in [1.82, 2.24) is 9.55 Å². The number of hydrogen-bond donors (Lipinski definition) is 0. The minimum atomic E-state index is -0.498. The zero-order chi connectivity index (χ0) is 15.0. The number of nitrogens with zero attached hydrogens (tertiary/aromatic N) is 2. The van der Waals surface area contributed by atoms with Gasteiger partial charge in [0.1, 0.15) is 5.60 Å². The molecule has 118 valence electrons. The summed E-state index contributed by atoms with van der Waals surface area (Å²) >= 11 is 6.05. The molecule has 23 heavy (non-hydrogen) atoms. The van der Waals surface area contributed by atoms with E-state index in [4.69, 9.17) is 16.3 Å². The molecule has 1 aliphatic rings. The van der Waals surface area contributed by atoms with E-state index in [1.165, 1.54) is 11.1 Å². The maximum Gasteiger partial charge on any atom is 0.137 e. The lowest BCUT2D eigenvalue weighted by atomic mass is 9.85. The predicted octanol–water partition coefficient (Wildman–Crippen LogP) is 4.43. The van der Waals surface area contributed by atoms with Crippen molar-refractivity contribution < 1.29 is 4.74 Å². The van der Waals surface area contributed by atoms with Crippen molar-refractivity contribution in [2.75, 3.05) is 0 Å². The second kappa shape index (κ2) is 6.36. The van der Waals surface area contributed by atoms with Crippen molar-refractivity contribution in [3.63, 3.8) is 0 Å². The molecule has 1 aliphatic heterocycles. The smallest absolute Gasteiger partial charge is 0.137 e. The molecule has 1 atom stereocenters. The van der Waals surface area contributed by atoms with E-state index in [1.807, 2.05) is 36.8 Å². The first kappa shape index (κ1) is 16.1. The number of fused-ring (bicyclic) bond motifs is 1. The van der Waals surface area contributed by atoms with Crippen LogP contribution < -0.4 is 0 Å². The lowest BCUT2D eigenvalue weighted by Crippen LogP contribution is -2.32. The first-order chi connectivity index (χ1) is 10.8. The van der Waals surface area contributed by atoms with Crippen molar-refractivity contribution in [2.24, 2.45) is 0 Å². The summed E-state index contributed by atoms with van der Waals surface area (Å²) in [6.45, 7) is 1.30. The molecule has 0 fully saturated rings. The van der Waals surface area contributed by atoms with Gasteiger partial charge < -0.3 is 9.30 Å². The third-order valence-corrected chi connectivity index (χ3v) is 4.45. The van der Waals surface area contributed by atoms with Crippen molar-refractivity contribution >= 4 is 24.0 Å². The molecule has 0 radical (unpaired) electrons. The van der Waals surface area contributed by atoms with Gasteiger partial charge in [-0.05, 0) is 28.8 Å². The van der Waals surface area contributed by atoms with Crippen LogP contribution in [0.25, 0.3) is 0 Å². The molecule has 0 spiro atoms. The van der Waals surface area contributed by atoms with E-state index in [1.54, 1.807) is 6.20 Å². The summed E-state index contributed by atoms with van der Waals surface area (Å²) in [5.74, 6) is 0. The fraction of sp³-hybridized carbons (Fsp3) is 0.167. The fourth-order valence-corrected chi connectivity index (χ4v) is 3.26. The molecule has 5 heteroatoms. The molecular weight excluding hydrogens is 331 g/mol.